The first-order chi connectivity index (χ1) is 13.1. The zero-order chi connectivity index (χ0) is 18.8. The van der Waals surface area contributed by atoms with E-state index in [1.165, 1.54) is 11.1 Å². The Morgan fingerprint density at radius 2 is 2.07 bits per heavy atom. The average Bonchev–Trinajstić information content (AvgIpc) is 2.90. The summed E-state index contributed by atoms with van der Waals surface area (Å²) >= 11 is 0. The number of H-pyrrole nitrogens is 1. The molecule has 4 rings (SSSR count). The van der Waals surface area contributed by atoms with Gasteiger partial charge in [-0.05, 0) is 61.6 Å². The van der Waals surface area contributed by atoms with Gasteiger partial charge in [0.15, 0.2) is 0 Å². The number of aromatic amines is 1. The standard InChI is InChI=1S/C22H25N3O2/c1-14-11-18-19(12-15(14)2)25-21(24-18)7-9-23-22(26)17-8-10-27-20-6-4-3-5-16(20)13-17/h3-6,11-12,17H,7-10,13H2,1-2H3,(H,23,26)(H,24,25)/t17-/m0/s1. The number of fused-ring (bicyclic) bond motifs is 2. The number of imidazole rings is 1. The molecule has 1 atom stereocenters. The summed E-state index contributed by atoms with van der Waals surface area (Å²) in [5.74, 6) is 1.86. The lowest BCUT2D eigenvalue weighted by Gasteiger charge is -2.13. The van der Waals surface area contributed by atoms with Gasteiger partial charge in [-0.15, -0.1) is 0 Å². The van der Waals surface area contributed by atoms with Crippen LogP contribution in [-0.4, -0.2) is 29.0 Å². The number of aromatic nitrogens is 2. The molecular weight excluding hydrogens is 338 g/mol. The Balaban J connectivity index is 1.35. The van der Waals surface area contributed by atoms with Crippen LogP contribution in [0.25, 0.3) is 11.0 Å². The van der Waals surface area contributed by atoms with Crippen LogP contribution in [0, 0.1) is 19.8 Å². The van der Waals surface area contributed by atoms with Crippen molar-refractivity contribution in [1.29, 1.82) is 0 Å². The van der Waals surface area contributed by atoms with Crippen LogP contribution in [0.2, 0.25) is 0 Å². The molecule has 0 saturated carbocycles. The number of benzene rings is 2. The number of aryl methyl sites for hydroxylation is 2. The van der Waals surface area contributed by atoms with Crippen LogP contribution in [-0.2, 0) is 17.6 Å². The third kappa shape index (κ3) is 3.82. The fourth-order valence-corrected chi connectivity index (χ4v) is 3.60. The first kappa shape index (κ1) is 17.6. The van der Waals surface area contributed by atoms with Gasteiger partial charge in [0.05, 0.1) is 17.6 Å². The highest BCUT2D eigenvalue weighted by molar-refractivity contribution is 5.79. The van der Waals surface area contributed by atoms with E-state index in [1.54, 1.807) is 0 Å². The van der Waals surface area contributed by atoms with Crippen LogP contribution in [0.4, 0.5) is 0 Å². The number of hydrogen-bond acceptors (Lipinski definition) is 3. The summed E-state index contributed by atoms with van der Waals surface area (Å²) < 4.78 is 5.76. The molecule has 5 heteroatoms. The highest BCUT2D eigenvalue weighted by Crippen LogP contribution is 2.26. The second-order valence-electron chi connectivity index (χ2n) is 7.32. The van der Waals surface area contributed by atoms with Crippen molar-refractivity contribution >= 4 is 16.9 Å². The van der Waals surface area contributed by atoms with Crippen molar-refractivity contribution in [2.45, 2.75) is 33.1 Å². The molecule has 0 bridgehead atoms. The largest absolute Gasteiger partial charge is 0.493 e. The van der Waals surface area contributed by atoms with Crippen LogP contribution < -0.4 is 10.1 Å². The molecule has 5 nitrogen and oxygen atoms in total. The molecule has 0 radical (unpaired) electrons. The van der Waals surface area contributed by atoms with Gasteiger partial charge in [0, 0.05) is 18.9 Å². The molecule has 2 aromatic carbocycles. The zero-order valence-corrected chi connectivity index (χ0v) is 15.8. The van der Waals surface area contributed by atoms with Crippen LogP contribution in [0.5, 0.6) is 5.75 Å². The van der Waals surface area contributed by atoms with Crippen LogP contribution in [0.1, 0.15) is 28.9 Å². The van der Waals surface area contributed by atoms with E-state index in [1.807, 2.05) is 24.3 Å². The maximum atomic E-state index is 12.6. The summed E-state index contributed by atoms with van der Waals surface area (Å²) in [5, 5.41) is 3.07. The van der Waals surface area contributed by atoms with Gasteiger partial charge in [0.1, 0.15) is 11.6 Å². The predicted molar refractivity (Wildman–Crippen MR) is 106 cm³/mol. The van der Waals surface area contributed by atoms with E-state index in [2.05, 4.69) is 41.3 Å². The Morgan fingerprint density at radius 1 is 1.26 bits per heavy atom. The number of ether oxygens (including phenoxy) is 1. The minimum Gasteiger partial charge on any atom is -0.493 e. The van der Waals surface area contributed by atoms with Crippen LogP contribution in [0.3, 0.4) is 0 Å². The second kappa shape index (κ2) is 7.43. The minimum atomic E-state index is -0.0466. The lowest BCUT2D eigenvalue weighted by Crippen LogP contribution is -2.33. The summed E-state index contributed by atoms with van der Waals surface area (Å²) in [4.78, 5) is 20.6. The van der Waals surface area contributed by atoms with E-state index in [9.17, 15) is 4.79 Å². The van der Waals surface area contributed by atoms with Gasteiger partial charge in [0.25, 0.3) is 0 Å². The number of carbonyl (C=O) groups is 1. The van der Waals surface area contributed by atoms with Crippen molar-refractivity contribution in [1.82, 2.24) is 15.3 Å². The number of amides is 1. The number of carbonyl (C=O) groups excluding carboxylic acids is 1. The lowest BCUT2D eigenvalue weighted by molar-refractivity contribution is -0.125. The number of para-hydroxylation sites is 1. The Morgan fingerprint density at radius 3 is 2.96 bits per heavy atom. The summed E-state index contributed by atoms with van der Waals surface area (Å²) in [6.45, 7) is 5.36. The fourth-order valence-electron chi connectivity index (χ4n) is 3.60. The minimum absolute atomic E-state index is 0.0466. The molecule has 1 aliphatic rings. The number of nitrogens with zero attached hydrogens (tertiary/aromatic N) is 1. The van der Waals surface area contributed by atoms with E-state index < -0.39 is 0 Å². The quantitative estimate of drug-likeness (QED) is 0.746. The Labute approximate surface area is 159 Å². The third-order valence-electron chi connectivity index (χ3n) is 5.34. The summed E-state index contributed by atoms with van der Waals surface area (Å²) in [6, 6.07) is 12.2. The van der Waals surface area contributed by atoms with Crippen molar-refractivity contribution in [3.8, 4) is 5.75 Å². The average molecular weight is 363 g/mol. The maximum Gasteiger partial charge on any atom is 0.223 e. The number of rotatable bonds is 4. The van der Waals surface area contributed by atoms with Crippen molar-refractivity contribution in [2.24, 2.45) is 5.92 Å². The highest BCUT2D eigenvalue weighted by atomic mass is 16.5. The number of nitrogens with one attached hydrogen (secondary N) is 2. The van der Waals surface area contributed by atoms with Crippen molar-refractivity contribution in [3.63, 3.8) is 0 Å². The van der Waals surface area contributed by atoms with Crippen LogP contribution in [0.15, 0.2) is 36.4 Å². The molecular formula is C22H25N3O2. The smallest absolute Gasteiger partial charge is 0.223 e. The molecule has 1 aromatic heterocycles. The molecule has 140 valence electrons. The lowest BCUT2D eigenvalue weighted by atomic mass is 9.96. The Hall–Kier alpha value is -2.82. The molecule has 1 amide bonds. The SMILES string of the molecule is Cc1cc2nc(CCNC(=O)[C@H]3CCOc4ccccc4C3)[nH]c2cc1C. The van der Waals surface area contributed by atoms with E-state index in [0.29, 0.717) is 19.6 Å². The summed E-state index contributed by atoms with van der Waals surface area (Å²) in [7, 11) is 0. The van der Waals surface area contributed by atoms with Crippen molar-refractivity contribution in [2.75, 3.05) is 13.2 Å². The molecule has 2 heterocycles. The summed E-state index contributed by atoms with van der Waals surface area (Å²) in [5.41, 5.74) is 5.64. The molecule has 0 saturated heterocycles. The highest BCUT2D eigenvalue weighted by Gasteiger charge is 2.23. The van der Waals surface area contributed by atoms with Gasteiger partial charge in [0.2, 0.25) is 5.91 Å². The third-order valence-corrected chi connectivity index (χ3v) is 5.34. The van der Waals surface area contributed by atoms with Gasteiger partial charge >= 0.3 is 0 Å². The van der Waals surface area contributed by atoms with E-state index in [0.717, 1.165) is 41.0 Å². The van der Waals surface area contributed by atoms with Crippen LogP contribution >= 0.6 is 0 Å². The normalized spacial score (nSPS) is 16.4. The number of hydrogen-bond donors (Lipinski definition) is 2. The van der Waals surface area contributed by atoms with Gasteiger partial charge in [-0.25, -0.2) is 4.98 Å². The first-order valence-corrected chi connectivity index (χ1v) is 9.54. The Bertz CT molecular complexity index is 938. The molecule has 0 fully saturated rings. The molecule has 0 unspecified atom stereocenters. The molecule has 2 N–H and O–H groups in total. The van der Waals surface area contributed by atoms with Gasteiger partial charge in [-0.2, -0.15) is 0 Å². The predicted octanol–water partition coefficient (Wildman–Crippen LogP) is 3.48. The van der Waals surface area contributed by atoms with E-state index in [-0.39, 0.29) is 11.8 Å². The summed E-state index contributed by atoms with van der Waals surface area (Å²) in [6.07, 6.45) is 2.16. The van der Waals surface area contributed by atoms with E-state index >= 15 is 0 Å². The zero-order valence-electron chi connectivity index (χ0n) is 15.8. The van der Waals surface area contributed by atoms with Gasteiger partial charge < -0.3 is 15.0 Å². The first-order valence-electron chi connectivity index (χ1n) is 9.54. The van der Waals surface area contributed by atoms with Crippen molar-refractivity contribution < 1.29 is 9.53 Å². The molecule has 3 aromatic rings. The maximum absolute atomic E-state index is 12.6. The topological polar surface area (TPSA) is 67.0 Å². The van der Waals surface area contributed by atoms with Crippen molar-refractivity contribution in [3.05, 3.63) is 58.9 Å². The Kier molecular flexibility index (Phi) is 4.84. The second-order valence-corrected chi connectivity index (χ2v) is 7.32. The fraction of sp³-hybridized carbons (Fsp3) is 0.364. The molecule has 0 aliphatic carbocycles. The molecule has 27 heavy (non-hydrogen) atoms. The molecule has 0 spiro atoms. The van der Waals surface area contributed by atoms with Gasteiger partial charge in [-0.3, -0.25) is 4.79 Å². The monoisotopic (exact) mass is 363 g/mol. The van der Waals surface area contributed by atoms with Gasteiger partial charge in [-0.1, -0.05) is 18.2 Å². The van der Waals surface area contributed by atoms with E-state index in [4.69, 9.17) is 4.74 Å². The molecule has 1 aliphatic heterocycles.